The van der Waals surface area contributed by atoms with Gasteiger partial charge in [-0.05, 0) is 40.1 Å². The minimum atomic E-state index is 0. The standard InChI is InChI=1S/C21H15N3.ClH/c22-14-16-5-7-18(8-6-16)21(24-12-11-23-15-24)20-10-9-17-3-1-2-4-19(17)13-20;/h1-13,15,21H;1H. The van der Waals surface area contributed by atoms with Crippen molar-refractivity contribution in [3.05, 3.63) is 102 Å². The van der Waals surface area contributed by atoms with Crippen LogP contribution in [0.5, 0.6) is 0 Å². The van der Waals surface area contributed by atoms with Crippen LogP contribution in [-0.2, 0) is 0 Å². The quantitative estimate of drug-likeness (QED) is 0.526. The van der Waals surface area contributed by atoms with Crippen molar-refractivity contribution >= 4 is 23.2 Å². The van der Waals surface area contributed by atoms with Crippen LogP contribution in [0, 0.1) is 11.3 Å². The van der Waals surface area contributed by atoms with Crippen molar-refractivity contribution in [2.24, 2.45) is 0 Å². The van der Waals surface area contributed by atoms with Gasteiger partial charge in [0.15, 0.2) is 0 Å². The Hall–Kier alpha value is -3.09. The maximum atomic E-state index is 9.02. The first-order chi connectivity index (χ1) is 11.8. The molecule has 4 heteroatoms. The molecule has 0 fully saturated rings. The van der Waals surface area contributed by atoms with Crippen LogP contribution in [0.1, 0.15) is 22.7 Å². The van der Waals surface area contributed by atoms with E-state index in [0.717, 1.165) is 5.56 Å². The largest absolute Gasteiger partial charge is 0.326 e. The second-order valence-electron chi connectivity index (χ2n) is 5.75. The van der Waals surface area contributed by atoms with E-state index in [9.17, 15) is 0 Å². The molecule has 0 radical (unpaired) electrons. The maximum absolute atomic E-state index is 9.02. The molecule has 0 aliphatic carbocycles. The van der Waals surface area contributed by atoms with Gasteiger partial charge in [0.05, 0.1) is 24.0 Å². The number of hydrogen-bond donors (Lipinski definition) is 0. The second kappa shape index (κ2) is 7.21. The lowest BCUT2D eigenvalue weighted by molar-refractivity contribution is 0.677. The molecule has 0 aliphatic heterocycles. The Kier molecular flexibility index (Phi) is 4.83. The average Bonchev–Trinajstić information content (AvgIpc) is 3.17. The summed E-state index contributed by atoms with van der Waals surface area (Å²) < 4.78 is 2.09. The topological polar surface area (TPSA) is 41.6 Å². The molecule has 3 nitrogen and oxygen atoms in total. The predicted octanol–water partition coefficient (Wildman–Crippen LogP) is 4.97. The SMILES string of the molecule is Cl.N#Cc1ccc(C(c2ccc3ccccc3c2)n2ccnc2)cc1. The van der Waals surface area contributed by atoms with Gasteiger partial charge >= 0.3 is 0 Å². The van der Waals surface area contributed by atoms with Gasteiger partial charge in [0.2, 0.25) is 0 Å². The van der Waals surface area contributed by atoms with Gasteiger partial charge < -0.3 is 4.57 Å². The van der Waals surface area contributed by atoms with Crippen LogP contribution < -0.4 is 0 Å². The summed E-state index contributed by atoms with van der Waals surface area (Å²) in [6.07, 6.45) is 5.59. The minimum absolute atomic E-state index is 0. The van der Waals surface area contributed by atoms with Crippen LogP contribution in [0.25, 0.3) is 10.8 Å². The maximum Gasteiger partial charge on any atom is 0.0991 e. The summed E-state index contributed by atoms with van der Waals surface area (Å²) in [6.45, 7) is 0. The van der Waals surface area contributed by atoms with E-state index in [0.29, 0.717) is 5.56 Å². The monoisotopic (exact) mass is 345 g/mol. The molecule has 0 spiro atoms. The molecular weight excluding hydrogens is 330 g/mol. The Morgan fingerprint density at radius 2 is 1.60 bits per heavy atom. The first-order valence-electron chi connectivity index (χ1n) is 7.81. The van der Waals surface area contributed by atoms with Gasteiger partial charge in [-0.2, -0.15) is 5.26 Å². The molecule has 0 amide bonds. The third-order valence-corrected chi connectivity index (χ3v) is 4.27. The van der Waals surface area contributed by atoms with Crippen LogP contribution in [0.3, 0.4) is 0 Å². The van der Waals surface area contributed by atoms with Crippen molar-refractivity contribution in [2.75, 3.05) is 0 Å². The lowest BCUT2D eigenvalue weighted by Gasteiger charge is -2.20. The molecule has 1 unspecified atom stereocenters. The molecule has 1 atom stereocenters. The molecule has 122 valence electrons. The van der Waals surface area contributed by atoms with Crippen molar-refractivity contribution < 1.29 is 0 Å². The minimum Gasteiger partial charge on any atom is -0.326 e. The number of imidazole rings is 1. The summed E-state index contributed by atoms with van der Waals surface area (Å²) in [4.78, 5) is 4.20. The third-order valence-electron chi connectivity index (χ3n) is 4.27. The van der Waals surface area contributed by atoms with Crippen molar-refractivity contribution in [2.45, 2.75) is 6.04 Å². The second-order valence-corrected chi connectivity index (χ2v) is 5.75. The first kappa shape index (κ1) is 16.8. The summed E-state index contributed by atoms with van der Waals surface area (Å²) in [5, 5.41) is 11.5. The molecule has 0 saturated heterocycles. The molecule has 1 heterocycles. The van der Waals surface area contributed by atoms with Crippen LogP contribution >= 0.6 is 12.4 Å². The highest BCUT2D eigenvalue weighted by atomic mass is 35.5. The molecule has 4 rings (SSSR count). The van der Waals surface area contributed by atoms with Crippen LogP contribution in [-0.4, -0.2) is 9.55 Å². The van der Waals surface area contributed by atoms with Gasteiger partial charge in [0.1, 0.15) is 0 Å². The molecule has 3 aromatic carbocycles. The molecular formula is C21H16ClN3. The van der Waals surface area contributed by atoms with Crippen molar-refractivity contribution in [3.63, 3.8) is 0 Å². The Balaban J connectivity index is 0.00000182. The number of hydrogen-bond acceptors (Lipinski definition) is 2. The normalized spacial score (nSPS) is 11.5. The van der Waals surface area contributed by atoms with Crippen molar-refractivity contribution in [3.8, 4) is 6.07 Å². The smallest absolute Gasteiger partial charge is 0.0991 e. The highest BCUT2D eigenvalue weighted by molar-refractivity contribution is 5.85. The fourth-order valence-electron chi connectivity index (χ4n) is 3.08. The Labute approximate surface area is 152 Å². The molecule has 4 aromatic rings. The van der Waals surface area contributed by atoms with Crippen LogP contribution in [0.4, 0.5) is 0 Å². The van der Waals surface area contributed by atoms with E-state index in [1.54, 1.807) is 6.20 Å². The fourth-order valence-corrected chi connectivity index (χ4v) is 3.08. The zero-order valence-electron chi connectivity index (χ0n) is 13.4. The van der Waals surface area contributed by atoms with E-state index in [1.807, 2.05) is 36.8 Å². The Bertz CT molecular complexity index is 1020. The molecule has 25 heavy (non-hydrogen) atoms. The van der Waals surface area contributed by atoms with E-state index in [2.05, 4.69) is 58.1 Å². The number of benzene rings is 3. The summed E-state index contributed by atoms with van der Waals surface area (Å²) in [5.74, 6) is 0. The lowest BCUT2D eigenvalue weighted by Crippen LogP contribution is -2.10. The van der Waals surface area contributed by atoms with E-state index < -0.39 is 0 Å². The van der Waals surface area contributed by atoms with E-state index in [4.69, 9.17) is 5.26 Å². The number of halogens is 1. The van der Waals surface area contributed by atoms with Crippen LogP contribution in [0.15, 0.2) is 85.5 Å². The molecule has 0 bridgehead atoms. The summed E-state index contributed by atoms with van der Waals surface area (Å²) in [6, 6.07) is 24.8. The Morgan fingerprint density at radius 3 is 2.28 bits per heavy atom. The van der Waals surface area contributed by atoms with E-state index in [1.165, 1.54) is 16.3 Å². The van der Waals surface area contributed by atoms with Gasteiger partial charge in [0, 0.05) is 12.4 Å². The highest BCUT2D eigenvalue weighted by Gasteiger charge is 2.16. The van der Waals surface area contributed by atoms with Gasteiger partial charge in [-0.1, -0.05) is 48.5 Å². The van der Waals surface area contributed by atoms with Gasteiger partial charge in [-0.3, -0.25) is 0 Å². The molecule has 1 aromatic heterocycles. The predicted molar refractivity (Wildman–Crippen MR) is 102 cm³/mol. The van der Waals surface area contributed by atoms with Gasteiger partial charge in [-0.15, -0.1) is 12.4 Å². The number of nitriles is 1. The lowest BCUT2D eigenvalue weighted by atomic mass is 9.95. The van der Waals surface area contributed by atoms with Crippen LogP contribution in [0.2, 0.25) is 0 Å². The number of nitrogens with zero attached hydrogens (tertiary/aromatic N) is 3. The summed E-state index contributed by atoms with van der Waals surface area (Å²) >= 11 is 0. The molecule has 0 aliphatic rings. The Morgan fingerprint density at radius 1 is 0.880 bits per heavy atom. The van der Waals surface area contributed by atoms with E-state index in [-0.39, 0.29) is 18.4 Å². The van der Waals surface area contributed by atoms with Crippen molar-refractivity contribution in [1.29, 1.82) is 5.26 Å². The highest BCUT2D eigenvalue weighted by Crippen LogP contribution is 2.29. The zero-order chi connectivity index (χ0) is 16.4. The number of rotatable bonds is 3. The van der Waals surface area contributed by atoms with Gasteiger partial charge in [-0.25, -0.2) is 4.98 Å². The summed E-state index contributed by atoms with van der Waals surface area (Å²) in [7, 11) is 0. The summed E-state index contributed by atoms with van der Waals surface area (Å²) in [5.41, 5.74) is 2.99. The fraction of sp³-hybridized carbons (Fsp3) is 0.0476. The molecule has 0 saturated carbocycles. The molecule has 0 N–H and O–H groups in total. The number of aromatic nitrogens is 2. The van der Waals surface area contributed by atoms with Gasteiger partial charge in [0.25, 0.3) is 0 Å². The first-order valence-corrected chi connectivity index (χ1v) is 7.81. The van der Waals surface area contributed by atoms with Crippen molar-refractivity contribution in [1.82, 2.24) is 9.55 Å². The van der Waals surface area contributed by atoms with E-state index >= 15 is 0 Å². The number of fused-ring (bicyclic) bond motifs is 1. The third kappa shape index (κ3) is 3.26. The average molecular weight is 346 g/mol. The zero-order valence-corrected chi connectivity index (χ0v) is 14.2.